The second-order valence-electron chi connectivity index (χ2n) is 8.25. The van der Waals surface area contributed by atoms with E-state index in [1.807, 2.05) is 13.0 Å². The molecule has 0 aromatic heterocycles. The Balaban J connectivity index is 1.86. The van der Waals surface area contributed by atoms with Gasteiger partial charge in [0.05, 0.1) is 18.1 Å². The number of non-ortho nitro benzene ring substituents is 1. The Kier molecular flexibility index (Phi) is 5.44. The standard InChI is InChI=1S/C22H28N2O5/c1-15(25)20-16(2)29-22(23-10-12-28-13-11-23)9-4-3-8-19(22)21(20)17-6-5-7-18(14-17)24(26)27/h5-7,14,19,21H,3-4,8-13H2,1-2H3. The molecule has 1 saturated heterocycles. The minimum atomic E-state index is -0.486. The van der Waals surface area contributed by atoms with Gasteiger partial charge in [-0.15, -0.1) is 0 Å². The van der Waals surface area contributed by atoms with Crippen LogP contribution in [-0.4, -0.2) is 47.6 Å². The van der Waals surface area contributed by atoms with Crippen molar-refractivity contribution in [1.82, 2.24) is 4.90 Å². The van der Waals surface area contributed by atoms with Crippen molar-refractivity contribution >= 4 is 11.5 Å². The molecular weight excluding hydrogens is 372 g/mol. The first-order valence-electron chi connectivity index (χ1n) is 10.4. The summed E-state index contributed by atoms with van der Waals surface area (Å²) in [5, 5.41) is 11.4. The van der Waals surface area contributed by atoms with Gasteiger partial charge in [0, 0.05) is 49.1 Å². The van der Waals surface area contributed by atoms with E-state index in [-0.39, 0.29) is 28.2 Å². The van der Waals surface area contributed by atoms with Crippen molar-refractivity contribution in [1.29, 1.82) is 0 Å². The summed E-state index contributed by atoms with van der Waals surface area (Å²) in [5.74, 6) is 0.488. The summed E-state index contributed by atoms with van der Waals surface area (Å²) in [6, 6.07) is 6.76. The molecule has 2 heterocycles. The Morgan fingerprint density at radius 3 is 2.72 bits per heavy atom. The molecule has 1 saturated carbocycles. The van der Waals surface area contributed by atoms with Gasteiger partial charge in [0.2, 0.25) is 0 Å². The molecule has 2 aliphatic heterocycles. The number of morpholine rings is 1. The summed E-state index contributed by atoms with van der Waals surface area (Å²) >= 11 is 0. The van der Waals surface area contributed by atoms with Crippen LogP contribution in [0, 0.1) is 16.0 Å². The topological polar surface area (TPSA) is 81.9 Å². The zero-order valence-corrected chi connectivity index (χ0v) is 17.1. The van der Waals surface area contributed by atoms with Gasteiger partial charge in [-0.3, -0.25) is 19.8 Å². The van der Waals surface area contributed by atoms with Gasteiger partial charge in [0.25, 0.3) is 5.69 Å². The third-order valence-electron chi connectivity index (χ3n) is 6.67. The number of fused-ring (bicyclic) bond motifs is 1. The molecule has 156 valence electrons. The smallest absolute Gasteiger partial charge is 0.269 e. The van der Waals surface area contributed by atoms with Crippen LogP contribution in [0.1, 0.15) is 51.0 Å². The van der Waals surface area contributed by atoms with Crippen LogP contribution >= 0.6 is 0 Å². The molecule has 0 bridgehead atoms. The lowest BCUT2D eigenvalue weighted by Crippen LogP contribution is -2.63. The van der Waals surface area contributed by atoms with Gasteiger partial charge in [-0.25, -0.2) is 0 Å². The lowest BCUT2D eigenvalue weighted by Gasteiger charge is -2.56. The lowest BCUT2D eigenvalue weighted by atomic mass is 9.65. The van der Waals surface area contributed by atoms with E-state index in [1.54, 1.807) is 19.1 Å². The highest BCUT2D eigenvalue weighted by Gasteiger charge is 2.55. The van der Waals surface area contributed by atoms with E-state index in [2.05, 4.69) is 4.90 Å². The molecular formula is C22H28N2O5. The first-order chi connectivity index (χ1) is 13.9. The second-order valence-corrected chi connectivity index (χ2v) is 8.25. The van der Waals surface area contributed by atoms with Gasteiger partial charge >= 0.3 is 0 Å². The molecule has 4 rings (SSSR count). The summed E-state index contributed by atoms with van der Waals surface area (Å²) in [5.41, 5.74) is 1.06. The molecule has 0 radical (unpaired) electrons. The summed E-state index contributed by atoms with van der Waals surface area (Å²) in [6.45, 7) is 6.36. The number of rotatable bonds is 4. The Hall–Kier alpha value is -2.25. The molecule has 3 atom stereocenters. The molecule has 7 heteroatoms. The summed E-state index contributed by atoms with van der Waals surface area (Å²) in [4.78, 5) is 26.1. The molecule has 7 nitrogen and oxygen atoms in total. The lowest BCUT2D eigenvalue weighted by molar-refractivity contribution is -0.385. The number of carbonyl (C=O) groups excluding carboxylic acids is 1. The van der Waals surface area contributed by atoms with Crippen molar-refractivity contribution in [3.05, 3.63) is 51.3 Å². The van der Waals surface area contributed by atoms with Crippen molar-refractivity contribution in [2.24, 2.45) is 5.92 Å². The van der Waals surface area contributed by atoms with Crippen LogP contribution < -0.4 is 0 Å². The molecule has 0 amide bonds. The van der Waals surface area contributed by atoms with Crippen LogP contribution in [0.5, 0.6) is 0 Å². The summed E-state index contributed by atoms with van der Waals surface area (Å²) in [7, 11) is 0. The maximum absolute atomic E-state index is 12.7. The van der Waals surface area contributed by atoms with Crippen LogP contribution in [0.15, 0.2) is 35.6 Å². The normalized spacial score (nSPS) is 30.4. The van der Waals surface area contributed by atoms with Crippen LogP contribution in [0.4, 0.5) is 5.69 Å². The third-order valence-corrected chi connectivity index (χ3v) is 6.67. The van der Waals surface area contributed by atoms with Crippen LogP contribution in [0.2, 0.25) is 0 Å². The maximum atomic E-state index is 12.7. The largest absolute Gasteiger partial charge is 0.476 e. The van der Waals surface area contributed by atoms with E-state index in [9.17, 15) is 14.9 Å². The number of Topliss-reactive ketones (excluding diaryl/α,β-unsaturated/α-hetero) is 1. The number of carbonyl (C=O) groups is 1. The predicted octanol–water partition coefficient (Wildman–Crippen LogP) is 3.79. The monoisotopic (exact) mass is 400 g/mol. The number of allylic oxidation sites excluding steroid dienone is 2. The first-order valence-corrected chi connectivity index (χ1v) is 10.4. The number of nitro benzene ring substituents is 1. The number of nitro groups is 1. The van der Waals surface area contributed by atoms with Crippen LogP contribution in [0.25, 0.3) is 0 Å². The van der Waals surface area contributed by atoms with Crippen LogP contribution in [0.3, 0.4) is 0 Å². The van der Waals surface area contributed by atoms with E-state index in [1.165, 1.54) is 6.07 Å². The van der Waals surface area contributed by atoms with E-state index < -0.39 is 5.72 Å². The Bertz CT molecular complexity index is 845. The van der Waals surface area contributed by atoms with Crippen molar-refractivity contribution in [3.8, 4) is 0 Å². The average molecular weight is 400 g/mol. The van der Waals surface area contributed by atoms with Crippen molar-refractivity contribution in [2.45, 2.75) is 51.2 Å². The molecule has 1 aromatic carbocycles. The minimum absolute atomic E-state index is 0.0276. The number of nitrogens with zero attached hydrogens (tertiary/aromatic N) is 2. The van der Waals surface area contributed by atoms with Gasteiger partial charge in [0.15, 0.2) is 11.5 Å². The Morgan fingerprint density at radius 1 is 1.28 bits per heavy atom. The zero-order chi connectivity index (χ0) is 20.6. The van der Waals surface area contributed by atoms with E-state index in [0.717, 1.165) is 44.3 Å². The van der Waals surface area contributed by atoms with E-state index in [4.69, 9.17) is 9.47 Å². The summed E-state index contributed by atoms with van der Waals surface area (Å²) in [6.07, 6.45) is 3.95. The highest BCUT2D eigenvalue weighted by atomic mass is 16.6. The first kappa shape index (κ1) is 20.0. The second kappa shape index (κ2) is 7.88. The van der Waals surface area contributed by atoms with Crippen LogP contribution in [-0.2, 0) is 14.3 Å². The molecule has 0 spiro atoms. The van der Waals surface area contributed by atoms with Gasteiger partial charge in [-0.1, -0.05) is 18.6 Å². The van der Waals surface area contributed by atoms with Crippen molar-refractivity contribution < 1.29 is 19.2 Å². The van der Waals surface area contributed by atoms with Gasteiger partial charge in [-0.05, 0) is 32.3 Å². The molecule has 1 aromatic rings. The Morgan fingerprint density at radius 2 is 2.03 bits per heavy atom. The number of hydrogen-bond acceptors (Lipinski definition) is 6. The molecule has 3 unspecified atom stereocenters. The molecule has 1 aliphatic carbocycles. The number of benzene rings is 1. The maximum Gasteiger partial charge on any atom is 0.269 e. The number of ketones is 1. The highest BCUT2D eigenvalue weighted by Crippen LogP contribution is 2.54. The van der Waals surface area contributed by atoms with E-state index >= 15 is 0 Å². The summed E-state index contributed by atoms with van der Waals surface area (Å²) < 4.78 is 12.2. The fourth-order valence-corrected chi connectivity index (χ4v) is 5.54. The van der Waals surface area contributed by atoms with Gasteiger partial charge < -0.3 is 9.47 Å². The SMILES string of the molecule is CC(=O)C1=C(C)OC2(N3CCOCC3)CCCCC2C1c1cccc([N+](=O)[O-])c1. The molecule has 29 heavy (non-hydrogen) atoms. The fraction of sp³-hybridized carbons (Fsp3) is 0.591. The highest BCUT2D eigenvalue weighted by molar-refractivity contribution is 5.95. The fourth-order valence-electron chi connectivity index (χ4n) is 5.54. The average Bonchev–Trinajstić information content (AvgIpc) is 2.73. The number of hydrogen-bond donors (Lipinski definition) is 0. The predicted molar refractivity (Wildman–Crippen MR) is 107 cm³/mol. The molecule has 3 aliphatic rings. The molecule has 2 fully saturated rings. The van der Waals surface area contributed by atoms with Crippen molar-refractivity contribution in [2.75, 3.05) is 26.3 Å². The number of ether oxygens (including phenoxy) is 2. The van der Waals surface area contributed by atoms with E-state index in [0.29, 0.717) is 24.5 Å². The van der Waals surface area contributed by atoms with Gasteiger partial charge in [-0.2, -0.15) is 0 Å². The third kappa shape index (κ3) is 3.46. The van der Waals surface area contributed by atoms with Gasteiger partial charge in [0.1, 0.15) is 5.76 Å². The minimum Gasteiger partial charge on any atom is -0.476 e. The quantitative estimate of drug-likeness (QED) is 0.565. The molecule has 0 N–H and O–H groups in total. The van der Waals surface area contributed by atoms with Crippen molar-refractivity contribution in [3.63, 3.8) is 0 Å². The zero-order valence-electron chi connectivity index (χ0n) is 17.1. The Labute approximate surface area is 170 Å².